The zero-order chi connectivity index (χ0) is 21.1. The molecule has 0 saturated carbocycles. The van der Waals surface area contributed by atoms with Crippen LogP contribution in [0.4, 0.5) is 10.1 Å². The van der Waals surface area contributed by atoms with Gasteiger partial charge in [-0.1, -0.05) is 30.3 Å². The minimum atomic E-state index is -0.637. The Bertz CT molecular complexity index is 1060. The number of halogens is 1. The molecule has 1 atom stereocenters. The molecule has 156 valence electrons. The number of nitrogens with zero attached hydrogens (tertiary/aromatic N) is 2. The van der Waals surface area contributed by atoms with E-state index in [4.69, 9.17) is 0 Å². The van der Waals surface area contributed by atoms with Crippen molar-refractivity contribution in [3.8, 4) is 0 Å². The number of fused-ring (bicyclic) bond motifs is 1. The van der Waals surface area contributed by atoms with Crippen molar-refractivity contribution in [3.63, 3.8) is 0 Å². The van der Waals surface area contributed by atoms with Gasteiger partial charge in [0, 0.05) is 56.6 Å². The number of hydrogen-bond acceptors (Lipinski definition) is 3. The number of rotatable bonds is 5. The van der Waals surface area contributed by atoms with Crippen molar-refractivity contribution in [3.05, 3.63) is 66.1 Å². The third-order valence-corrected chi connectivity index (χ3v) is 5.56. The Hall–Kier alpha value is -3.35. The molecule has 2 amide bonds. The van der Waals surface area contributed by atoms with E-state index in [0.717, 1.165) is 16.5 Å². The maximum atomic E-state index is 14.1. The molecule has 4 rings (SSSR count). The summed E-state index contributed by atoms with van der Waals surface area (Å²) in [5.41, 5.74) is 2.55. The van der Waals surface area contributed by atoms with Gasteiger partial charge in [-0.2, -0.15) is 0 Å². The lowest BCUT2D eigenvalue weighted by Gasteiger charge is -2.37. The fraction of sp³-hybridized carbons (Fsp3) is 0.304. The Balaban J connectivity index is 1.46. The molecule has 1 fully saturated rings. The normalized spacial score (nSPS) is 15.3. The third kappa shape index (κ3) is 4.15. The number of aromatic nitrogens is 1. The summed E-state index contributed by atoms with van der Waals surface area (Å²) in [6.45, 7) is 3.49. The van der Waals surface area contributed by atoms with E-state index < -0.39 is 6.04 Å². The lowest BCUT2D eigenvalue weighted by molar-refractivity contribution is -0.136. The van der Waals surface area contributed by atoms with E-state index >= 15 is 0 Å². The number of aromatic amines is 1. The summed E-state index contributed by atoms with van der Waals surface area (Å²) in [7, 11) is 0. The molecule has 0 radical (unpaired) electrons. The Morgan fingerprint density at radius 2 is 1.77 bits per heavy atom. The fourth-order valence-electron chi connectivity index (χ4n) is 4.06. The van der Waals surface area contributed by atoms with E-state index in [1.54, 1.807) is 17.0 Å². The second kappa shape index (κ2) is 8.57. The molecule has 7 heteroatoms. The van der Waals surface area contributed by atoms with Crippen LogP contribution in [0, 0.1) is 5.82 Å². The van der Waals surface area contributed by atoms with Crippen LogP contribution in [0.3, 0.4) is 0 Å². The molecule has 1 saturated heterocycles. The van der Waals surface area contributed by atoms with Crippen LogP contribution in [0.5, 0.6) is 0 Å². The lowest BCUT2D eigenvalue weighted by atomic mass is 10.0. The number of amides is 2. The monoisotopic (exact) mass is 408 g/mol. The maximum absolute atomic E-state index is 14.1. The molecule has 30 heavy (non-hydrogen) atoms. The number of hydrogen-bond donors (Lipinski definition) is 2. The first kappa shape index (κ1) is 19.9. The number of carbonyl (C=O) groups excluding carboxylic acids is 2. The van der Waals surface area contributed by atoms with Crippen molar-refractivity contribution in [1.82, 2.24) is 15.2 Å². The van der Waals surface area contributed by atoms with Crippen LogP contribution in [-0.2, 0) is 16.0 Å². The van der Waals surface area contributed by atoms with Crippen LogP contribution in [0.1, 0.15) is 12.5 Å². The number of H-pyrrole nitrogens is 1. The molecule has 0 spiro atoms. The highest BCUT2D eigenvalue weighted by Crippen LogP contribution is 2.22. The lowest BCUT2D eigenvalue weighted by Crippen LogP contribution is -2.55. The van der Waals surface area contributed by atoms with Gasteiger partial charge in [0.05, 0.1) is 5.69 Å². The van der Waals surface area contributed by atoms with Gasteiger partial charge in [0.25, 0.3) is 0 Å². The summed E-state index contributed by atoms with van der Waals surface area (Å²) in [6.07, 6.45) is 2.30. The maximum Gasteiger partial charge on any atom is 0.245 e. The highest BCUT2D eigenvalue weighted by molar-refractivity contribution is 5.89. The summed E-state index contributed by atoms with van der Waals surface area (Å²) >= 11 is 0. The van der Waals surface area contributed by atoms with Crippen LogP contribution in [0.2, 0.25) is 0 Å². The zero-order valence-electron chi connectivity index (χ0n) is 16.9. The van der Waals surface area contributed by atoms with Crippen LogP contribution in [0.15, 0.2) is 54.7 Å². The van der Waals surface area contributed by atoms with Crippen LogP contribution in [0.25, 0.3) is 10.9 Å². The summed E-state index contributed by atoms with van der Waals surface area (Å²) in [4.78, 5) is 31.9. The first-order valence-corrected chi connectivity index (χ1v) is 10.1. The Kier molecular flexibility index (Phi) is 5.70. The summed E-state index contributed by atoms with van der Waals surface area (Å²) < 4.78 is 14.1. The molecule has 0 aliphatic carbocycles. The van der Waals surface area contributed by atoms with Crippen molar-refractivity contribution in [2.75, 3.05) is 31.1 Å². The van der Waals surface area contributed by atoms with Crippen molar-refractivity contribution >= 4 is 28.4 Å². The SMILES string of the molecule is CC(=O)NC(Cc1c[nH]c2ccccc12)C(=O)N1CCN(c2ccccc2F)CC1. The van der Waals surface area contributed by atoms with E-state index in [-0.39, 0.29) is 17.6 Å². The summed E-state index contributed by atoms with van der Waals surface area (Å²) in [5.74, 6) is -0.602. The van der Waals surface area contributed by atoms with E-state index in [2.05, 4.69) is 10.3 Å². The summed E-state index contributed by atoms with van der Waals surface area (Å²) in [6, 6.07) is 13.9. The predicted octanol–water partition coefficient (Wildman–Crippen LogP) is 2.70. The number of piperazine rings is 1. The molecular formula is C23H25FN4O2. The summed E-state index contributed by atoms with van der Waals surface area (Å²) in [5, 5.41) is 3.86. The molecule has 2 heterocycles. The van der Waals surface area contributed by atoms with Gasteiger partial charge in [-0.25, -0.2) is 4.39 Å². The molecule has 1 aliphatic rings. The number of anilines is 1. The molecule has 0 bridgehead atoms. The molecular weight excluding hydrogens is 383 g/mol. The number of carbonyl (C=O) groups is 2. The highest BCUT2D eigenvalue weighted by Gasteiger charge is 2.29. The van der Waals surface area contributed by atoms with Gasteiger partial charge in [0.15, 0.2) is 0 Å². The van der Waals surface area contributed by atoms with Gasteiger partial charge in [-0.05, 0) is 23.8 Å². The quantitative estimate of drug-likeness (QED) is 0.682. The smallest absolute Gasteiger partial charge is 0.245 e. The van der Waals surface area contributed by atoms with Crippen molar-refractivity contribution < 1.29 is 14.0 Å². The molecule has 3 aromatic rings. The fourth-order valence-corrected chi connectivity index (χ4v) is 4.06. The van der Waals surface area contributed by atoms with Gasteiger partial charge in [0.2, 0.25) is 11.8 Å². The molecule has 2 N–H and O–H groups in total. The van der Waals surface area contributed by atoms with Crippen molar-refractivity contribution in [2.24, 2.45) is 0 Å². The van der Waals surface area contributed by atoms with Crippen molar-refractivity contribution in [2.45, 2.75) is 19.4 Å². The Morgan fingerprint density at radius 3 is 2.50 bits per heavy atom. The van der Waals surface area contributed by atoms with E-state index in [0.29, 0.717) is 38.3 Å². The minimum absolute atomic E-state index is 0.108. The predicted molar refractivity (Wildman–Crippen MR) is 115 cm³/mol. The first-order chi connectivity index (χ1) is 14.5. The van der Waals surface area contributed by atoms with Gasteiger partial charge in [-0.15, -0.1) is 0 Å². The third-order valence-electron chi connectivity index (χ3n) is 5.56. The average Bonchev–Trinajstić information content (AvgIpc) is 3.16. The number of para-hydroxylation sites is 2. The minimum Gasteiger partial charge on any atom is -0.366 e. The van der Waals surface area contributed by atoms with Gasteiger partial charge >= 0.3 is 0 Å². The number of nitrogens with one attached hydrogen (secondary N) is 2. The molecule has 6 nitrogen and oxygen atoms in total. The topological polar surface area (TPSA) is 68.4 Å². The second-order valence-corrected chi connectivity index (χ2v) is 7.58. The van der Waals surface area contributed by atoms with Gasteiger partial charge < -0.3 is 20.1 Å². The largest absolute Gasteiger partial charge is 0.366 e. The van der Waals surface area contributed by atoms with E-state index in [1.165, 1.54) is 13.0 Å². The highest BCUT2D eigenvalue weighted by atomic mass is 19.1. The Morgan fingerprint density at radius 1 is 1.07 bits per heavy atom. The molecule has 1 aromatic heterocycles. The van der Waals surface area contributed by atoms with Crippen LogP contribution in [-0.4, -0.2) is 53.9 Å². The van der Waals surface area contributed by atoms with Crippen LogP contribution >= 0.6 is 0 Å². The molecule has 1 unspecified atom stereocenters. The first-order valence-electron chi connectivity index (χ1n) is 10.1. The van der Waals surface area contributed by atoms with E-state index in [9.17, 15) is 14.0 Å². The van der Waals surface area contributed by atoms with Crippen molar-refractivity contribution in [1.29, 1.82) is 0 Å². The second-order valence-electron chi connectivity index (χ2n) is 7.58. The number of benzene rings is 2. The molecule has 1 aliphatic heterocycles. The van der Waals surface area contributed by atoms with Gasteiger partial charge in [-0.3, -0.25) is 9.59 Å². The van der Waals surface area contributed by atoms with Gasteiger partial charge in [0.1, 0.15) is 11.9 Å². The zero-order valence-corrected chi connectivity index (χ0v) is 16.9. The standard InChI is InChI=1S/C23H25FN4O2/c1-16(29)26-21(14-17-15-25-20-8-4-2-6-18(17)20)23(30)28-12-10-27(11-13-28)22-9-5-3-7-19(22)24/h2-9,15,21,25H,10-14H2,1H3,(H,26,29). The van der Waals surface area contributed by atoms with E-state index in [1.807, 2.05) is 41.4 Å². The van der Waals surface area contributed by atoms with Crippen LogP contribution < -0.4 is 10.2 Å². The average molecular weight is 408 g/mol. The molecule has 2 aromatic carbocycles. The Labute approximate surface area is 174 Å².